The maximum Gasteiger partial charge on any atom is 0.0700 e. The molecule has 3 heteroatoms. The van der Waals surface area contributed by atoms with Gasteiger partial charge in [0.25, 0.3) is 0 Å². The summed E-state index contributed by atoms with van der Waals surface area (Å²) in [7, 11) is 0. The van der Waals surface area contributed by atoms with Gasteiger partial charge in [-0.1, -0.05) is 6.92 Å². The monoisotopic (exact) mass is 228 g/mol. The van der Waals surface area contributed by atoms with Crippen LogP contribution in [0.2, 0.25) is 0 Å². The molecule has 1 unspecified atom stereocenters. The van der Waals surface area contributed by atoms with Gasteiger partial charge in [0.05, 0.1) is 12.7 Å². The van der Waals surface area contributed by atoms with Gasteiger partial charge in [0.2, 0.25) is 0 Å². The number of ether oxygens (including phenoxy) is 1. The Morgan fingerprint density at radius 2 is 2.12 bits per heavy atom. The van der Waals surface area contributed by atoms with Crippen molar-refractivity contribution in [2.45, 2.75) is 52.2 Å². The van der Waals surface area contributed by atoms with Crippen LogP contribution in [0.3, 0.4) is 0 Å². The highest BCUT2D eigenvalue weighted by Crippen LogP contribution is 2.08. The molecule has 1 atom stereocenters. The minimum Gasteiger partial charge on any atom is -0.376 e. The summed E-state index contributed by atoms with van der Waals surface area (Å²) < 4.78 is 5.66. The third-order valence-electron chi connectivity index (χ3n) is 2.98. The Balaban J connectivity index is 2.08. The number of morpholine rings is 1. The third-order valence-corrected chi connectivity index (χ3v) is 2.98. The third kappa shape index (κ3) is 5.83. The minimum atomic E-state index is 0.247. The molecule has 0 radical (unpaired) electrons. The van der Waals surface area contributed by atoms with Gasteiger partial charge in [-0.2, -0.15) is 0 Å². The summed E-state index contributed by atoms with van der Waals surface area (Å²) in [4.78, 5) is 2.53. The van der Waals surface area contributed by atoms with Crippen LogP contribution in [0.15, 0.2) is 0 Å². The van der Waals surface area contributed by atoms with Gasteiger partial charge in [0.1, 0.15) is 0 Å². The summed E-state index contributed by atoms with van der Waals surface area (Å²) >= 11 is 0. The molecule has 1 aliphatic heterocycles. The lowest BCUT2D eigenvalue weighted by atomic mass is 10.1. The van der Waals surface area contributed by atoms with Crippen molar-refractivity contribution in [1.29, 1.82) is 0 Å². The summed E-state index contributed by atoms with van der Waals surface area (Å²) in [5.41, 5.74) is 0.247. The summed E-state index contributed by atoms with van der Waals surface area (Å²) in [5.74, 6) is 0. The van der Waals surface area contributed by atoms with Crippen LogP contribution in [-0.4, -0.2) is 49.3 Å². The number of hydrogen-bond acceptors (Lipinski definition) is 3. The highest BCUT2D eigenvalue weighted by molar-refractivity contribution is 4.73. The van der Waals surface area contributed by atoms with Crippen molar-refractivity contribution in [3.8, 4) is 0 Å². The van der Waals surface area contributed by atoms with Crippen LogP contribution >= 0.6 is 0 Å². The van der Waals surface area contributed by atoms with Crippen LogP contribution in [0.5, 0.6) is 0 Å². The molecule has 0 bridgehead atoms. The molecule has 0 aromatic carbocycles. The van der Waals surface area contributed by atoms with Crippen molar-refractivity contribution in [3.05, 3.63) is 0 Å². The molecular weight excluding hydrogens is 200 g/mol. The van der Waals surface area contributed by atoms with E-state index in [2.05, 4.69) is 37.9 Å². The molecular formula is C13H28N2O. The first-order valence-corrected chi connectivity index (χ1v) is 6.60. The van der Waals surface area contributed by atoms with E-state index in [9.17, 15) is 0 Å². The maximum atomic E-state index is 5.66. The quantitative estimate of drug-likeness (QED) is 0.727. The fourth-order valence-corrected chi connectivity index (χ4v) is 2.00. The van der Waals surface area contributed by atoms with E-state index in [0.29, 0.717) is 6.10 Å². The Labute approximate surface area is 101 Å². The number of hydrogen-bond donors (Lipinski definition) is 1. The van der Waals surface area contributed by atoms with E-state index in [4.69, 9.17) is 4.74 Å². The Hall–Kier alpha value is -0.120. The number of nitrogens with zero attached hydrogens (tertiary/aromatic N) is 1. The van der Waals surface area contributed by atoms with Crippen molar-refractivity contribution < 1.29 is 4.74 Å². The molecule has 0 aromatic heterocycles. The first-order chi connectivity index (χ1) is 7.51. The molecule has 1 heterocycles. The normalized spacial score (nSPS) is 23.6. The first kappa shape index (κ1) is 13.9. The number of nitrogens with one attached hydrogen (secondary N) is 1. The SMILES string of the molecule is CCC1CN(CCCNC(C)(C)C)CCO1. The fraction of sp³-hybridized carbons (Fsp3) is 1.00. The molecule has 1 aliphatic rings. The van der Waals surface area contributed by atoms with Gasteiger partial charge in [-0.3, -0.25) is 4.90 Å². The molecule has 0 spiro atoms. The zero-order valence-corrected chi connectivity index (χ0v) is 11.4. The van der Waals surface area contributed by atoms with Gasteiger partial charge in [0, 0.05) is 18.6 Å². The van der Waals surface area contributed by atoms with E-state index in [0.717, 1.165) is 32.7 Å². The van der Waals surface area contributed by atoms with E-state index in [1.54, 1.807) is 0 Å². The van der Waals surface area contributed by atoms with Gasteiger partial charge in [-0.05, 0) is 46.7 Å². The van der Waals surface area contributed by atoms with Crippen molar-refractivity contribution in [1.82, 2.24) is 10.2 Å². The van der Waals surface area contributed by atoms with E-state index in [-0.39, 0.29) is 5.54 Å². The van der Waals surface area contributed by atoms with Gasteiger partial charge in [-0.15, -0.1) is 0 Å². The average Bonchev–Trinajstić information content (AvgIpc) is 2.23. The Bertz CT molecular complexity index is 189. The largest absolute Gasteiger partial charge is 0.376 e. The lowest BCUT2D eigenvalue weighted by molar-refractivity contribution is -0.0298. The molecule has 1 rings (SSSR count). The minimum absolute atomic E-state index is 0.247. The van der Waals surface area contributed by atoms with Crippen LogP contribution in [0.25, 0.3) is 0 Å². The summed E-state index contributed by atoms with van der Waals surface area (Å²) in [5, 5.41) is 3.53. The summed E-state index contributed by atoms with van der Waals surface area (Å²) in [6.07, 6.45) is 2.83. The smallest absolute Gasteiger partial charge is 0.0700 e. The molecule has 96 valence electrons. The Kier molecular flexibility index (Phi) is 5.73. The molecule has 0 aliphatic carbocycles. The van der Waals surface area contributed by atoms with Crippen LogP contribution in [0.4, 0.5) is 0 Å². The average molecular weight is 228 g/mol. The second kappa shape index (κ2) is 6.58. The molecule has 0 amide bonds. The highest BCUT2D eigenvalue weighted by Gasteiger charge is 2.18. The summed E-state index contributed by atoms with van der Waals surface area (Å²) in [6.45, 7) is 14.3. The molecule has 1 N–H and O–H groups in total. The predicted molar refractivity (Wildman–Crippen MR) is 68.8 cm³/mol. The molecule has 0 aromatic rings. The van der Waals surface area contributed by atoms with Crippen LogP contribution in [-0.2, 0) is 4.74 Å². The van der Waals surface area contributed by atoms with Crippen LogP contribution in [0.1, 0.15) is 40.5 Å². The highest BCUT2D eigenvalue weighted by atomic mass is 16.5. The van der Waals surface area contributed by atoms with E-state index in [1.165, 1.54) is 13.0 Å². The maximum absolute atomic E-state index is 5.66. The lowest BCUT2D eigenvalue weighted by Crippen LogP contribution is -2.44. The second-order valence-electron chi connectivity index (χ2n) is 5.73. The zero-order chi connectivity index (χ0) is 12.0. The van der Waals surface area contributed by atoms with E-state index < -0.39 is 0 Å². The second-order valence-corrected chi connectivity index (χ2v) is 5.73. The van der Waals surface area contributed by atoms with Gasteiger partial charge >= 0.3 is 0 Å². The van der Waals surface area contributed by atoms with Gasteiger partial charge in [-0.25, -0.2) is 0 Å². The topological polar surface area (TPSA) is 24.5 Å². The number of rotatable bonds is 5. The van der Waals surface area contributed by atoms with Gasteiger partial charge < -0.3 is 10.1 Å². The fourth-order valence-electron chi connectivity index (χ4n) is 2.00. The molecule has 0 saturated carbocycles. The van der Waals surface area contributed by atoms with Crippen molar-refractivity contribution in [3.63, 3.8) is 0 Å². The molecule has 1 saturated heterocycles. The Morgan fingerprint density at radius 3 is 2.75 bits per heavy atom. The van der Waals surface area contributed by atoms with Gasteiger partial charge in [0.15, 0.2) is 0 Å². The first-order valence-electron chi connectivity index (χ1n) is 6.60. The van der Waals surface area contributed by atoms with Crippen molar-refractivity contribution in [2.75, 3.05) is 32.8 Å². The van der Waals surface area contributed by atoms with Crippen molar-refractivity contribution >= 4 is 0 Å². The standard InChI is InChI=1S/C13H28N2O/c1-5-12-11-15(9-10-16-12)8-6-7-14-13(2,3)4/h12,14H,5-11H2,1-4H3. The van der Waals surface area contributed by atoms with Crippen LogP contribution in [0, 0.1) is 0 Å². The zero-order valence-electron chi connectivity index (χ0n) is 11.4. The van der Waals surface area contributed by atoms with Crippen molar-refractivity contribution in [2.24, 2.45) is 0 Å². The predicted octanol–water partition coefficient (Wildman–Crippen LogP) is 1.88. The molecule has 1 fully saturated rings. The lowest BCUT2D eigenvalue weighted by Gasteiger charge is -2.32. The summed E-state index contributed by atoms with van der Waals surface area (Å²) in [6, 6.07) is 0. The Morgan fingerprint density at radius 1 is 1.38 bits per heavy atom. The molecule has 16 heavy (non-hydrogen) atoms. The van der Waals surface area contributed by atoms with Crippen LogP contribution < -0.4 is 5.32 Å². The van der Waals surface area contributed by atoms with E-state index >= 15 is 0 Å². The van der Waals surface area contributed by atoms with E-state index in [1.807, 2.05) is 0 Å². The molecule has 3 nitrogen and oxygen atoms in total.